The zero-order valence-electron chi connectivity index (χ0n) is 14.4. The van der Waals surface area contributed by atoms with Gasteiger partial charge < -0.3 is 19.9 Å². The Bertz CT molecular complexity index is 789. The molecule has 6 heteroatoms. The molecule has 0 fully saturated rings. The van der Waals surface area contributed by atoms with Gasteiger partial charge in [0.15, 0.2) is 5.78 Å². The second-order valence-electron chi connectivity index (χ2n) is 5.47. The standard InChI is InChI=1S/C19H20N2O4/c1-12(22)13-4-5-14(10-20)18(8-13)21-11-19(23)15-6-16(24-2)9-17(7-15)25-3/h4-9,19,21,23H,11H2,1-3H3. The number of benzene rings is 2. The molecule has 0 aliphatic heterocycles. The van der Waals surface area contributed by atoms with Crippen LogP contribution in [0.25, 0.3) is 0 Å². The van der Waals surface area contributed by atoms with Crippen molar-refractivity contribution in [1.29, 1.82) is 5.26 Å². The van der Waals surface area contributed by atoms with Crippen LogP contribution in [0.5, 0.6) is 11.5 Å². The Morgan fingerprint density at radius 2 is 1.84 bits per heavy atom. The minimum Gasteiger partial charge on any atom is -0.497 e. The summed E-state index contributed by atoms with van der Waals surface area (Å²) in [6, 6.07) is 12.0. The summed E-state index contributed by atoms with van der Waals surface area (Å²) in [4.78, 5) is 11.5. The Kier molecular flexibility index (Phi) is 5.98. The molecule has 1 atom stereocenters. The van der Waals surface area contributed by atoms with Gasteiger partial charge in [0.1, 0.15) is 17.6 Å². The number of rotatable bonds is 7. The van der Waals surface area contributed by atoms with E-state index in [1.54, 1.807) is 36.4 Å². The molecule has 25 heavy (non-hydrogen) atoms. The molecule has 0 aliphatic carbocycles. The number of hydrogen-bond donors (Lipinski definition) is 2. The molecule has 2 rings (SSSR count). The molecule has 2 aromatic rings. The second kappa shape index (κ2) is 8.18. The third-order valence-corrected chi connectivity index (χ3v) is 3.79. The first-order valence-electron chi connectivity index (χ1n) is 7.68. The van der Waals surface area contributed by atoms with E-state index in [0.717, 1.165) is 0 Å². The van der Waals surface area contributed by atoms with Gasteiger partial charge in [-0.3, -0.25) is 4.79 Å². The maximum atomic E-state index is 11.5. The van der Waals surface area contributed by atoms with Gasteiger partial charge in [-0.1, -0.05) is 0 Å². The fraction of sp³-hybridized carbons (Fsp3) is 0.263. The van der Waals surface area contributed by atoms with Crippen molar-refractivity contribution < 1.29 is 19.4 Å². The zero-order valence-corrected chi connectivity index (χ0v) is 14.4. The Labute approximate surface area is 146 Å². The van der Waals surface area contributed by atoms with Gasteiger partial charge in [-0.25, -0.2) is 0 Å². The summed E-state index contributed by atoms with van der Waals surface area (Å²) < 4.78 is 10.4. The van der Waals surface area contributed by atoms with Crippen LogP contribution in [0.3, 0.4) is 0 Å². The summed E-state index contributed by atoms with van der Waals surface area (Å²) in [5.41, 5.74) is 2.02. The Morgan fingerprint density at radius 1 is 1.20 bits per heavy atom. The van der Waals surface area contributed by atoms with Crippen LogP contribution in [0, 0.1) is 11.3 Å². The molecule has 130 valence electrons. The number of Topliss-reactive ketones (excluding diaryl/α,β-unsaturated/α-hetero) is 1. The van der Waals surface area contributed by atoms with Crippen molar-refractivity contribution in [2.24, 2.45) is 0 Å². The van der Waals surface area contributed by atoms with Crippen LogP contribution in [0.4, 0.5) is 5.69 Å². The highest BCUT2D eigenvalue weighted by molar-refractivity contribution is 5.95. The minimum atomic E-state index is -0.850. The lowest BCUT2D eigenvalue weighted by Crippen LogP contribution is -2.13. The molecule has 0 heterocycles. The molecule has 1 unspecified atom stereocenters. The van der Waals surface area contributed by atoms with Gasteiger partial charge in [-0.15, -0.1) is 0 Å². The molecule has 2 aromatic carbocycles. The first kappa shape index (κ1) is 18.3. The summed E-state index contributed by atoms with van der Waals surface area (Å²) in [7, 11) is 3.07. The molecule has 0 amide bonds. The summed E-state index contributed by atoms with van der Waals surface area (Å²) >= 11 is 0. The van der Waals surface area contributed by atoms with Gasteiger partial charge in [0.05, 0.1) is 31.6 Å². The number of hydrogen-bond acceptors (Lipinski definition) is 6. The van der Waals surface area contributed by atoms with E-state index in [-0.39, 0.29) is 12.3 Å². The van der Waals surface area contributed by atoms with Crippen LogP contribution in [-0.4, -0.2) is 31.7 Å². The van der Waals surface area contributed by atoms with E-state index < -0.39 is 6.10 Å². The lowest BCUT2D eigenvalue weighted by Gasteiger charge is -2.16. The van der Waals surface area contributed by atoms with E-state index in [9.17, 15) is 15.2 Å². The van der Waals surface area contributed by atoms with Gasteiger partial charge >= 0.3 is 0 Å². The molecule has 2 N–H and O–H groups in total. The highest BCUT2D eigenvalue weighted by Crippen LogP contribution is 2.27. The van der Waals surface area contributed by atoms with Crippen LogP contribution in [0.15, 0.2) is 36.4 Å². The Balaban J connectivity index is 2.20. The van der Waals surface area contributed by atoms with Crippen LogP contribution in [-0.2, 0) is 0 Å². The number of aliphatic hydroxyl groups excluding tert-OH is 1. The quantitative estimate of drug-likeness (QED) is 0.753. The van der Waals surface area contributed by atoms with Crippen molar-refractivity contribution >= 4 is 11.5 Å². The number of ketones is 1. The Morgan fingerprint density at radius 3 is 2.36 bits per heavy atom. The third kappa shape index (κ3) is 4.49. The fourth-order valence-corrected chi connectivity index (χ4v) is 2.35. The highest BCUT2D eigenvalue weighted by Gasteiger charge is 2.13. The predicted octanol–water partition coefficient (Wildman–Crippen LogP) is 2.92. The van der Waals surface area contributed by atoms with Gasteiger partial charge in [0, 0.05) is 18.2 Å². The molecule has 0 radical (unpaired) electrons. The normalized spacial score (nSPS) is 11.3. The van der Waals surface area contributed by atoms with Gasteiger partial charge in [0.2, 0.25) is 0 Å². The molecular weight excluding hydrogens is 320 g/mol. The van der Waals surface area contributed by atoms with Crippen molar-refractivity contribution in [2.45, 2.75) is 13.0 Å². The summed E-state index contributed by atoms with van der Waals surface area (Å²) in [6.07, 6.45) is -0.850. The van der Waals surface area contributed by atoms with Crippen molar-refractivity contribution in [3.63, 3.8) is 0 Å². The number of nitriles is 1. The summed E-state index contributed by atoms with van der Waals surface area (Å²) in [5, 5.41) is 22.7. The van der Waals surface area contributed by atoms with Gasteiger partial charge in [0.25, 0.3) is 0 Å². The molecular formula is C19H20N2O4. The summed E-state index contributed by atoms with van der Waals surface area (Å²) in [5.74, 6) is 1.06. The second-order valence-corrected chi connectivity index (χ2v) is 5.47. The fourth-order valence-electron chi connectivity index (χ4n) is 2.35. The number of carbonyl (C=O) groups is 1. The van der Waals surface area contributed by atoms with E-state index in [1.807, 2.05) is 0 Å². The number of aliphatic hydroxyl groups is 1. The molecule has 0 saturated heterocycles. The van der Waals surface area contributed by atoms with E-state index in [4.69, 9.17) is 9.47 Å². The van der Waals surface area contributed by atoms with E-state index in [2.05, 4.69) is 11.4 Å². The molecule has 0 bridgehead atoms. The minimum absolute atomic E-state index is 0.0920. The van der Waals surface area contributed by atoms with Crippen LogP contribution < -0.4 is 14.8 Å². The lowest BCUT2D eigenvalue weighted by molar-refractivity contribution is 0.101. The van der Waals surface area contributed by atoms with E-state index in [1.165, 1.54) is 21.1 Å². The number of nitrogens with one attached hydrogen (secondary N) is 1. The predicted molar refractivity (Wildman–Crippen MR) is 94.2 cm³/mol. The average Bonchev–Trinajstić information content (AvgIpc) is 2.65. The first-order chi connectivity index (χ1) is 12.0. The van der Waals surface area contributed by atoms with Crippen LogP contribution >= 0.6 is 0 Å². The monoisotopic (exact) mass is 340 g/mol. The van der Waals surface area contributed by atoms with Crippen molar-refractivity contribution in [3.8, 4) is 17.6 Å². The molecule has 0 spiro atoms. The van der Waals surface area contributed by atoms with Crippen molar-refractivity contribution in [1.82, 2.24) is 0 Å². The maximum absolute atomic E-state index is 11.5. The zero-order chi connectivity index (χ0) is 18.4. The van der Waals surface area contributed by atoms with Gasteiger partial charge in [-0.05, 0) is 42.8 Å². The van der Waals surface area contributed by atoms with Crippen LogP contribution in [0.1, 0.15) is 34.5 Å². The third-order valence-electron chi connectivity index (χ3n) is 3.79. The van der Waals surface area contributed by atoms with Crippen molar-refractivity contribution in [2.75, 3.05) is 26.1 Å². The number of ether oxygens (including phenoxy) is 2. The molecule has 0 saturated carbocycles. The first-order valence-corrected chi connectivity index (χ1v) is 7.68. The van der Waals surface area contributed by atoms with Crippen molar-refractivity contribution in [3.05, 3.63) is 53.1 Å². The Hall–Kier alpha value is -3.04. The van der Waals surface area contributed by atoms with Gasteiger partial charge in [-0.2, -0.15) is 5.26 Å². The number of carbonyl (C=O) groups excluding carboxylic acids is 1. The van der Waals surface area contributed by atoms with Crippen LogP contribution in [0.2, 0.25) is 0 Å². The smallest absolute Gasteiger partial charge is 0.159 e. The van der Waals surface area contributed by atoms with E-state index >= 15 is 0 Å². The number of methoxy groups -OCH3 is 2. The number of anilines is 1. The average molecular weight is 340 g/mol. The lowest BCUT2D eigenvalue weighted by atomic mass is 10.1. The topological polar surface area (TPSA) is 91.6 Å². The molecule has 6 nitrogen and oxygen atoms in total. The number of nitrogens with zero attached hydrogens (tertiary/aromatic N) is 1. The van der Waals surface area contributed by atoms with E-state index in [0.29, 0.717) is 33.9 Å². The maximum Gasteiger partial charge on any atom is 0.159 e. The molecule has 0 aromatic heterocycles. The largest absolute Gasteiger partial charge is 0.497 e. The molecule has 0 aliphatic rings. The highest BCUT2D eigenvalue weighted by atomic mass is 16.5. The summed E-state index contributed by atoms with van der Waals surface area (Å²) in [6.45, 7) is 1.62. The SMILES string of the molecule is COc1cc(OC)cc(C(O)CNc2cc(C(C)=O)ccc2C#N)c1.